The maximum atomic E-state index is 12.4. The van der Waals surface area contributed by atoms with Crippen molar-refractivity contribution < 1.29 is 19.1 Å². The number of carbonyl (C=O) groups excluding carboxylic acids is 2. The van der Waals surface area contributed by atoms with E-state index in [9.17, 15) is 9.59 Å². The summed E-state index contributed by atoms with van der Waals surface area (Å²) in [6.07, 6.45) is -0.366. The van der Waals surface area contributed by atoms with Gasteiger partial charge in [0, 0.05) is 4.47 Å². The second-order valence-electron chi connectivity index (χ2n) is 5.34. The molecule has 138 valence electrons. The van der Waals surface area contributed by atoms with Crippen molar-refractivity contribution in [2.24, 2.45) is 0 Å². The predicted molar refractivity (Wildman–Crippen MR) is 105 cm³/mol. The van der Waals surface area contributed by atoms with Crippen LogP contribution in [-0.2, 0) is 16.0 Å². The van der Waals surface area contributed by atoms with Crippen molar-refractivity contribution in [3.05, 3.63) is 52.5 Å². The summed E-state index contributed by atoms with van der Waals surface area (Å²) in [5.74, 6) is 0.573. The first-order valence-corrected chi connectivity index (χ1v) is 9.06. The van der Waals surface area contributed by atoms with E-state index in [2.05, 4.69) is 26.6 Å². The van der Waals surface area contributed by atoms with E-state index in [4.69, 9.17) is 9.47 Å². The number of anilines is 2. The second-order valence-corrected chi connectivity index (χ2v) is 6.25. The van der Waals surface area contributed by atoms with E-state index in [1.165, 1.54) is 0 Å². The van der Waals surface area contributed by atoms with Crippen molar-refractivity contribution in [3.8, 4) is 5.75 Å². The Hall–Kier alpha value is -2.54. The fraction of sp³-hybridized carbons (Fsp3) is 0.263. The number of amides is 2. The molecule has 0 saturated carbocycles. The van der Waals surface area contributed by atoms with Gasteiger partial charge in [-0.05, 0) is 49.7 Å². The van der Waals surface area contributed by atoms with Gasteiger partial charge in [0.25, 0.3) is 0 Å². The van der Waals surface area contributed by atoms with E-state index in [0.717, 1.165) is 15.8 Å². The molecule has 0 spiro atoms. The van der Waals surface area contributed by atoms with Gasteiger partial charge in [0.15, 0.2) is 0 Å². The van der Waals surface area contributed by atoms with E-state index in [0.29, 0.717) is 18.0 Å². The summed E-state index contributed by atoms with van der Waals surface area (Å²) in [6.45, 7) is 4.50. The Bertz CT molecular complexity index is 763. The summed E-state index contributed by atoms with van der Waals surface area (Å²) in [6, 6.07) is 12.5. The Kier molecular flexibility index (Phi) is 7.47. The summed E-state index contributed by atoms with van der Waals surface area (Å²) in [5, 5.41) is 5.43. The molecule has 0 aliphatic heterocycles. The standard InChI is InChI=1S/C19H21BrN2O4/c1-3-25-15-8-5-13(6-9-15)11-18(23)21-17-12-14(20)7-10-16(17)22-19(24)26-4-2/h5-10,12H,3-4,11H2,1-2H3,(H,21,23)(H,22,24). The molecule has 0 unspecified atom stereocenters. The van der Waals surface area contributed by atoms with Gasteiger partial charge < -0.3 is 14.8 Å². The van der Waals surface area contributed by atoms with Gasteiger partial charge in [-0.15, -0.1) is 0 Å². The molecular formula is C19H21BrN2O4. The maximum Gasteiger partial charge on any atom is 0.411 e. The van der Waals surface area contributed by atoms with Crippen molar-refractivity contribution >= 4 is 39.3 Å². The Balaban J connectivity index is 2.05. The molecule has 0 radical (unpaired) electrons. The van der Waals surface area contributed by atoms with E-state index in [1.807, 2.05) is 31.2 Å². The van der Waals surface area contributed by atoms with E-state index in [1.54, 1.807) is 25.1 Å². The third-order valence-electron chi connectivity index (χ3n) is 3.37. The number of ether oxygens (including phenoxy) is 2. The smallest absolute Gasteiger partial charge is 0.411 e. The molecule has 0 fully saturated rings. The number of benzene rings is 2. The third-order valence-corrected chi connectivity index (χ3v) is 3.86. The number of halogens is 1. The summed E-state index contributed by atoms with van der Waals surface area (Å²) >= 11 is 3.36. The topological polar surface area (TPSA) is 76.7 Å². The van der Waals surface area contributed by atoms with Gasteiger partial charge in [-0.2, -0.15) is 0 Å². The van der Waals surface area contributed by atoms with Gasteiger partial charge in [0.1, 0.15) is 5.75 Å². The third kappa shape index (κ3) is 6.07. The lowest BCUT2D eigenvalue weighted by Gasteiger charge is -2.13. The van der Waals surface area contributed by atoms with Gasteiger partial charge in [0.05, 0.1) is 31.0 Å². The highest BCUT2D eigenvalue weighted by Crippen LogP contribution is 2.26. The largest absolute Gasteiger partial charge is 0.494 e. The van der Waals surface area contributed by atoms with Crippen LogP contribution in [0.4, 0.5) is 16.2 Å². The van der Waals surface area contributed by atoms with Gasteiger partial charge in [-0.1, -0.05) is 28.1 Å². The van der Waals surface area contributed by atoms with Crippen LogP contribution in [0.3, 0.4) is 0 Å². The molecule has 0 aliphatic carbocycles. The lowest BCUT2D eigenvalue weighted by molar-refractivity contribution is -0.115. The highest BCUT2D eigenvalue weighted by atomic mass is 79.9. The second kappa shape index (κ2) is 9.82. The molecular weight excluding hydrogens is 400 g/mol. The van der Waals surface area contributed by atoms with Gasteiger partial charge >= 0.3 is 6.09 Å². The maximum absolute atomic E-state index is 12.4. The normalized spacial score (nSPS) is 10.1. The molecule has 2 N–H and O–H groups in total. The van der Waals surface area contributed by atoms with Gasteiger partial charge in [-0.3, -0.25) is 10.1 Å². The average molecular weight is 421 g/mol. The quantitative estimate of drug-likeness (QED) is 0.685. The number of hydrogen-bond acceptors (Lipinski definition) is 4. The van der Waals surface area contributed by atoms with E-state index < -0.39 is 6.09 Å². The molecule has 0 aliphatic rings. The molecule has 0 heterocycles. The van der Waals surface area contributed by atoms with Crippen molar-refractivity contribution in [1.29, 1.82) is 0 Å². The van der Waals surface area contributed by atoms with Crippen molar-refractivity contribution in [3.63, 3.8) is 0 Å². The van der Waals surface area contributed by atoms with Crippen LogP contribution in [0.1, 0.15) is 19.4 Å². The summed E-state index contributed by atoms with van der Waals surface area (Å²) in [7, 11) is 0. The Morgan fingerprint density at radius 3 is 2.35 bits per heavy atom. The molecule has 2 aromatic rings. The van der Waals surface area contributed by atoms with Crippen LogP contribution < -0.4 is 15.4 Å². The fourth-order valence-corrected chi connectivity index (χ4v) is 2.62. The molecule has 2 rings (SSSR count). The van der Waals surface area contributed by atoms with Crippen LogP contribution in [-0.4, -0.2) is 25.2 Å². The molecule has 2 aromatic carbocycles. The van der Waals surface area contributed by atoms with Crippen LogP contribution in [0.15, 0.2) is 46.9 Å². The van der Waals surface area contributed by atoms with Gasteiger partial charge in [0.2, 0.25) is 5.91 Å². The van der Waals surface area contributed by atoms with Crippen LogP contribution in [0.25, 0.3) is 0 Å². The van der Waals surface area contributed by atoms with E-state index in [-0.39, 0.29) is 18.9 Å². The van der Waals surface area contributed by atoms with Crippen molar-refractivity contribution in [2.75, 3.05) is 23.8 Å². The highest BCUT2D eigenvalue weighted by molar-refractivity contribution is 9.10. The molecule has 0 atom stereocenters. The number of hydrogen-bond donors (Lipinski definition) is 2. The zero-order valence-corrected chi connectivity index (χ0v) is 16.3. The summed E-state index contributed by atoms with van der Waals surface area (Å²) in [5.41, 5.74) is 1.82. The van der Waals surface area contributed by atoms with Crippen LogP contribution >= 0.6 is 15.9 Å². The SMILES string of the molecule is CCOC(=O)Nc1ccc(Br)cc1NC(=O)Cc1ccc(OCC)cc1. The molecule has 0 aromatic heterocycles. The lowest BCUT2D eigenvalue weighted by atomic mass is 10.1. The minimum atomic E-state index is -0.572. The number of carbonyl (C=O) groups is 2. The minimum Gasteiger partial charge on any atom is -0.494 e. The molecule has 2 amide bonds. The Labute approximate surface area is 161 Å². The molecule has 0 bridgehead atoms. The summed E-state index contributed by atoms with van der Waals surface area (Å²) < 4.78 is 11.0. The first kappa shape index (κ1) is 19.8. The highest BCUT2D eigenvalue weighted by Gasteiger charge is 2.11. The van der Waals surface area contributed by atoms with Crippen LogP contribution in [0.2, 0.25) is 0 Å². The van der Waals surface area contributed by atoms with Crippen LogP contribution in [0, 0.1) is 0 Å². The van der Waals surface area contributed by atoms with E-state index >= 15 is 0 Å². The average Bonchev–Trinajstić information content (AvgIpc) is 2.59. The van der Waals surface area contributed by atoms with Crippen molar-refractivity contribution in [2.45, 2.75) is 20.3 Å². The summed E-state index contributed by atoms with van der Waals surface area (Å²) in [4.78, 5) is 24.0. The molecule has 26 heavy (non-hydrogen) atoms. The van der Waals surface area contributed by atoms with Gasteiger partial charge in [-0.25, -0.2) is 4.79 Å². The number of rotatable bonds is 7. The molecule has 6 nitrogen and oxygen atoms in total. The Morgan fingerprint density at radius 2 is 1.69 bits per heavy atom. The number of nitrogens with one attached hydrogen (secondary N) is 2. The van der Waals surface area contributed by atoms with Crippen LogP contribution in [0.5, 0.6) is 5.75 Å². The first-order chi connectivity index (χ1) is 12.5. The minimum absolute atomic E-state index is 0.195. The molecule has 0 saturated heterocycles. The first-order valence-electron chi connectivity index (χ1n) is 8.26. The monoisotopic (exact) mass is 420 g/mol. The lowest BCUT2D eigenvalue weighted by Crippen LogP contribution is -2.18. The molecule has 7 heteroatoms. The Morgan fingerprint density at radius 1 is 0.962 bits per heavy atom. The zero-order valence-electron chi connectivity index (χ0n) is 14.7. The van der Waals surface area contributed by atoms with Crippen molar-refractivity contribution in [1.82, 2.24) is 0 Å². The predicted octanol–water partition coefficient (Wildman–Crippen LogP) is 4.60. The fourth-order valence-electron chi connectivity index (χ4n) is 2.26. The zero-order chi connectivity index (χ0) is 18.9.